The zero-order valence-corrected chi connectivity index (χ0v) is 11.5. The number of nitrogens with one attached hydrogen (secondary N) is 1. The van der Waals surface area contributed by atoms with Crippen LogP contribution in [-0.4, -0.2) is 24.2 Å². The molecule has 0 aliphatic carbocycles. The van der Waals surface area contributed by atoms with Crippen LogP contribution in [0.25, 0.3) is 0 Å². The van der Waals surface area contributed by atoms with Crippen LogP contribution in [0.1, 0.15) is 21.8 Å². The van der Waals surface area contributed by atoms with E-state index in [4.69, 9.17) is 15.0 Å². The highest BCUT2D eigenvalue weighted by Gasteiger charge is 2.16. The zero-order valence-electron chi connectivity index (χ0n) is 11.5. The minimum atomic E-state index is -0.206. The number of hydrogen-bond acceptors (Lipinski definition) is 5. The Hall–Kier alpha value is -2.50. The minimum absolute atomic E-state index is 0.206. The predicted octanol–water partition coefficient (Wildman–Crippen LogP) is 1.68. The number of ether oxygens (including phenoxy) is 1. The van der Waals surface area contributed by atoms with Gasteiger partial charge in [0.15, 0.2) is 0 Å². The summed E-state index contributed by atoms with van der Waals surface area (Å²) in [5, 5.41) is 6.50. The molecule has 0 saturated carbocycles. The Morgan fingerprint density at radius 2 is 2.05 bits per heavy atom. The Kier molecular flexibility index (Phi) is 4.24. The molecular formula is C14H17N3O3. The molecule has 0 bridgehead atoms. The third kappa shape index (κ3) is 3.28. The molecule has 20 heavy (non-hydrogen) atoms. The van der Waals surface area contributed by atoms with E-state index >= 15 is 0 Å². The Morgan fingerprint density at radius 3 is 2.65 bits per heavy atom. The van der Waals surface area contributed by atoms with Crippen LogP contribution in [0.4, 0.5) is 5.69 Å². The van der Waals surface area contributed by atoms with Crippen molar-refractivity contribution in [3.8, 4) is 5.75 Å². The molecule has 2 rings (SSSR count). The van der Waals surface area contributed by atoms with Gasteiger partial charge in [0.1, 0.15) is 23.7 Å². The van der Waals surface area contributed by atoms with Crippen molar-refractivity contribution < 1.29 is 14.1 Å². The van der Waals surface area contributed by atoms with Gasteiger partial charge in [-0.05, 0) is 38.1 Å². The topological polar surface area (TPSA) is 90.4 Å². The van der Waals surface area contributed by atoms with Gasteiger partial charge in [0.05, 0.1) is 12.2 Å². The molecule has 1 amide bonds. The molecule has 1 heterocycles. The Bertz CT molecular complexity index is 571. The fourth-order valence-electron chi connectivity index (χ4n) is 1.79. The summed E-state index contributed by atoms with van der Waals surface area (Å²) in [5.41, 5.74) is 7.33. The number of carbonyl (C=O) groups excluding carboxylic acids is 1. The van der Waals surface area contributed by atoms with Gasteiger partial charge in [-0.1, -0.05) is 5.16 Å². The molecule has 0 radical (unpaired) electrons. The van der Waals surface area contributed by atoms with Gasteiger partial charge >= 0.3 is 0 Å². The average molecular weight is 275 g/mol. The van der Waals surface area contributed by atoms with Gasteiger partial charge in [0.25, 0.3) is 5.91 Å². The number of aromatic nitrogens is 1. The standard InChI is InChI=1S/C14H17N3O3/c1-9-13(10(2)20-17-9)14(18)16-7-8-19-12-5-3-11(15)4-6-12/h3-6H,7-8,15H2,1-2H3,(H,16,18). The second-order valence-corrected chi connectivity index (χ2v) is 4.37. The molecule has 3 N–H and O–H groups in total. The highest BCUT2D eigenvalue weighted by molar-refractivity contribution is 5.96. The van der Waals surface area contributed by atoms with E-state index in [0.717, 1.165) is 0 Å². The van der Waals surface area contributed by atoms with Crippen LogP contribution in [0, 0.1) is 13.8 Å². The lowest BCUT2D eigenvalue weighted by Crippen LogP contribution is -2.28. The third-order valence-corrected chi connectivity index (χ3v) is 2.80. The van der Waals surface area contributed by atoms with E-state index in [-0.39, 0.29) is 5.91 Å². The van der Waals surface area contributed by atoms with Crippen LogP contribution in [0.3, 0.4) is 0 Å². The number of carbonyl (C=O) groups is 1. The number of benzene rings is 1. The normalized spacial score (nSPS) is 10.3. The number of nitrogens with two attached hydrogens (primary N) is 1. The van der Waals surface area contributed by atoms with Crippen molar-refractivity contribution in [3.63, 3.8) is 0 Å². The lowest BCUT2D eigenvalue weighted by Gasteiger charge is -2.07. The number of anilines is 1. The third-order valence-electron chi connectivity index (χ3n) is 2.80. The molecule has 2 aromatic rings. The van der Waals surface area contributed by atoms with Crippen LogP contribution in [0.2, 0.25) is 0 Å². The summed E-state index contributed by atoms with van der Waals surface area (Å²) in [7, 11) is 0. The summed E-state index contributed by atoms with van der Waals surface area (Å²) in [4.78, 5) is 11.9. The lowest BCUT2D eigenvalue weighted by molar-refractivity contribution is 0.0945. The largest absolute Gasteiger partial charge is 0.492 e. The Morgan fingerprint density at radius 1 is 1.35 bits per heavy atom. The van der Waals surface area contributed by atoms with Crippen LogP contribution in [0.15, 0.2) is 28.8 Å². The molecule has 0 aliphatic rings. The van der Waals surface area contributed by atoms with Crippen molar-refractivity contribution >= 4 is 11.6 Å². The average Bonchev–Trinajstić information content (AvgIpc) is 2.76. The maximum atomic E-state index is 11.9. The van der Waals surface area contributed by atoms with E-state index in [1.807, 2.05) is 0 Å². The van der Waals surface area contributed by atoms with Gasteiger partial charge in [-0.3, -0.25) is 4.79 Å². The maximum Gasteiger partial charge on any atom is 0.256 e. The highest BCUT2D eigenvalue weighted by Crippen LogP contribution is 2.13. The zero-order chi connectivity index (χ0) is 14.5. The summed E-state index contributed by atoms with van der Waals surface area (Å²) >= 11 is 0. The van der Waals surface area contributed by atoms with E-state index in [2.05, 4.69) is 10.5 Å². The van der Waals surface area contributed by atoms with Gasteiger partial charge in [-0.15, -0.1) is 0 Å². The van der Waals surface area contributed by atoms with Gasteiger partial charge < -0.3 is 20.3 Å². The number of rotatable bonds is 5. The number of nitrogen functional groups attached to an aromatic ring is 1. The number of amides is 1. The van der Waals surface area contributed by atoms with Crippen LogP contribution in [0.5, 0.6) is 5.75 Å². The number of nitrogens with zero attached hydrogens (tertiary/aromatic N) is 1. The van der Waals surface area contributed by atoms with E-state index in [1.165, 1.54) is 0 Å². The summed E-state index contributed by atoms with van der Waals surface area (Å²) in [5.74, 6) is 1.02. The fourth-order valence-corrected chi connectivity index (χ4v) is 1.79. The lowest BCUT2D eigenvalue weighted by atomic mass is 10.2. The molecule has 0 spiro atoms. The van der Waals surface area contributed by atoms with Gasteiger partial charge in [0, 0.05) is 5.69 Å². The monoisotopic (exact) mass is 275 g/mol. The summed E-state index contributed by atoms with van der Waals surface area (Å²) in [6.45, 7) is 4.21. The summed E-state index contributed by atoms with van der Waals surface area (Å²) in [6.07, 6.45) is 0. The van der Waals surface area contributed by atoms with E-state index in [9.17, 15) is 4.79 Å². The molecular weight excluding hydrogens is 258 g/mol. The van der Waals surface area contributed by atoms with Crippen LogP contribution < -0.4 is 15.8 Å². The first-order valence-corrected chi connectivity index (χ1v) is 6.27. The second kappa shape index (κ2) is 6.10. The first-order chi connectivity index (χ1) is 9.58. The quantitative estimate of drug-likeness (QED) is 0.640. The molecule has 0 aliphatic heterocycles. The van der Waals surface area contributed by atoms with Gasteiger partial charge in [-0.2, -0.15) is 0 Å². The van der Waals surface area contributed by atoms with Crippen molar-refractivity contribution in [2.45, 2.75) is 13.8 Å². The van der Waals surface area contributed by atoms with Crippen molar-refractivity contribution in [1.29, 1.82) is 0 Å². The summed E-state index contributed by atoms with van der Waals surface area (Å²) < 4.78 is 10.4. The number of hydrogen-bond donors (Lipinski definition) is 2. The number of aryl methyl sites for hydroxylation is 2. The molecule has 0 unspecified atom stereocenters. The molecule has 1 aromatic carbocycles. The molecule has 6 nitrogen and oxygen atoms in total. The fraction of sp³-hybridized carbons (Fsp3) is 0.286. The molecule has 6 heteroatoms. The molecule has 106 valence electrons. The second-order valence-electron chi connectivity index (χ2n) is 4.37. The first-order valence-electron chi connectivity index (χ1n) is 6.27. The SMILES string of the molecule is Cc1noc(C)c1C(=O)NCCOc1ccc(N)cc1. The van der Waals surface area contributed by atoms with E-state index < -0.39 is 0 Å². The molecule has 0 saturated heterocycles. The van der Waals surface area contributed by atoms with Crippen molar-refractivity contribution in [2.75, 3.05) is 18.9 Å². The summed E-state index contributed by atoms with van der Waals surface area (Å²) in [6, 6.07) is 7.09. The first kappa shape index (κ1) is 13.9. The smallest absolute Gasteiger partial charge is 0.256 e. The van der Waals surface area contributed by atoms with Crippen LogP contribution in [-0.2, 0) is 0 Å². The van der Waals surface area contributed by atoms with E-state index in [0.29, 0.717) is 41.6 Å². The Balaban J connectivity index is 1.79. The van der Waals surface area contributed by atoms with Crippen LogP contribution >= 0.6 is 0 Å². The highest BCUT2D eigenvalue weighted by atomic mass is 16.5. The van der Waals surface area contributed by atoms with Gasteiger partial charge in [-0.25, -0.2) is 0 Å². The predicted molar refractivity (Wildman–Crippen MR) is 74.7 cm³/mol. The van der Waals surface area contributed by atoms with E-state index in [1.54, 1.807) is 38.1 Å². The van der Waals surface area contributed by atoms with Crippen molar-refractivity contribution in [3.05, 3.63) is 41.3 Å². The molecule has 1 aromatic heterocycles. The van der Waals surface area contributed by atoms with Crippen molar-refractivity contribution in [2.24, 2.45) is 0 Å². The molecule has 0 atom stereocenters. The molecule has 0 fully saturated rings. The maximum absolute atomic E-state index is 11.9. The minimum Gasteiger partial charge on any atom is -0.492 e. The van der Waals surface area contributed by atoms with Crippen molar-refractivity contribution in [1.82, 2.24) is 10.5 Å². The Labute approximate surface area is 116 Å². The van der Waals surface area contributed by atoms with Gasteiger partial charge in [0.2, 0.25) is 0 Å².